The minimum absolute atomic E-state index is 0.0278. The van der Waals surface area contributed by atoms with Crippen molar-refractivity contribution in [2.45, 2.75) is 45.1 Å². The molecule has 114 valence electrons. The smallest absolute Gasteiger partial charge is 0.326 e. The van der Waals surface area contributed by atoms with E-state index in [2.05, 4.69) is 10.6 Å². The van der Waals surface area contributed by atoms with E-state index in [1.165, 1.54) is 0 Å². The SMILES string of the molecule is Cc1ccc(NC(=O)NC(C(=O)O)C2CCCCC2)cc1. The highest BCUT2D eigenvalue weighted by Crippen LogP contribution is 2.26. The van der Waals surface area contributed by atoms with E-state index in [-0.39, 0.29) is 5.92 Å². The molecule has 2 amide bonds. The van der Waals surface area contributed by atoms with Gasteiger partial charge < -0.3 is 15.7 Å². The molecule has 1 saturated carbocycles. The molecular weight excluding hydrogens is 268 g/mol. The Morgan fingerprint density at radius 1 is 1.14 bits per heavy atom. The number of aryl methyl sites for hydroxylation is 1. The molecular formula is C16H22N2O3. The molecule has 1 aromatic rings. The molecule has 0 bridgehead atoms. The number of hydrogen-bond donors (Lipinski definition) is 3. The summed E-state index contributed by atoms with van der Waals surface area (Å²) in [5.41, 5.74) is 1.76. The van der Waals surface area contributed by atoms with E-state index in [1.54, 1.807) is 12.1 Å². The van der Waals surface area contributed by atoms with Crippen molar-refractivity contribution < 1.29 is 14.7 Å². The van der Waals surface area contributed by atoms with Crippen LogP contribution in [0, 0.1) is 12.8 Å². The van der Waals surface area contributed by atoms with Gasteiger partial charge in [0.15, 0.2) is 0 Å². The van der Waals surface area contributed by atoms with Gasteiger partial charge in [-0.2, -0.15) is 0 Å². The summed E-state index contributed by atoms with van der Waals surface area (Å²) in [4.78, 5) is 23.4. The lowest BCUT2D eigenvalue weighted by atomic mass is 9.84. The second-order valence-corrected chi connectivity index (χ2v) is 5.68. The maximum Gasteiger partial charge on any atom is 0.326 e. The van der Waals surface area contributed by atoms with Crippen molar-refractivity contribution in [2.24, 2.45) is 5.92 Å². The van der Waals surface area contributed by atoms with E-state index in [1.807, 2.05) is 19.1 Å². The maximum absolute atomic E-state index is 12.0. The topological polar surface area (TPSA) is 78.4 Å². The lowest BCUT2D eigenvalue weighted by Gasteiger charge is -2.28. The molecule has 0 spiro atoms. The van der Waals surface area contributed by atoms with Crippen molar-refractivity contribution in [3.63, 3.8) is 0 Å². The monoisotopic (exact) mass is 290 g/mol. The Morgan fingerprint density at radius 2 is 1.76 bits per heavy atom. The van der Waals surface area contributed by atoms with Gasteiger partial charge >= 0.3 is 12.0 Å². The second-order valence-electron chi connectivity index (χ2n) is 5.68. The molecule has 3 N–H and O–H groups in total. The Bertz CT molecular complexity index is 493. The second kappa shape index (κ2) is 7.11. The van der Waals surface area contributed by atoms with E-state index in [0.717, 1.165) is 37.7 Å². The number of anilines is 1. The third kappa shape index (κ3) is 4.48. The average Bonchev–Trinajstić information content (AvgIpc) is 2.48. The predicted octanol–water partition coefficient (Wildman–Crippen LogP) is 3.15. The number of carbonyl (C=O) groups is 2. The van der Waals surface area contributed by atoms with Crippen LogP contribution < -0.4 is 10.6 Å². The van der Waals surface area contributed by atoms with Crippen LogP contribution in [-0.4, -0.2) is 23.1 Å². The highest BCUT2D eigenvalue weighted by Gasteiger charge is 2.30. The number of carboxylic acid groups (broad SMARTS) is 1. The standard InChI is InChI=1S/C16H22N2O3/c1-11-7-9-13(10-8-11)17-16(21)18-14(15(19)20)12-5-3-2-4-6-12/h7-10,12,14H,2-6H2,1H3,(H,19,20)(H2,17,18,21). The summed E-state index contributed by atoms with van der Waals surface area (Å²) in [5.74, 6) is -0.930. The van der Waals surface area contributed by atoms with Gasteiger partial charge in [0.05, 0.1) is 0 Å². The lowest BCUT2D eigenvalue weighted by molar-refractivity contribution is -0.141. The first-order chi connectivity index (χ1) is 10.1. The largest absolute Gasteiger partial charge is 0.480 e. The third-order valence-corrected chi connectivity index (χ3v) is 3.98. The molecule has 0 aliphatic heterocycles. The van der Waals surface area contributed by atoms with Crippen LogP contribution in [0.25, 0.3) is 0 Å². The minimum atomic E-state index is -0.957. The number of rotatable bonds is 4. The van der Waals surface area contributed by atoms with Gasteiger partial charge in [-0.15, -0.1) is 0 Å². The van der Waals surface area contributed by atoms with Crippen LogP contribution in [0.15, 0.2) is 24.3 Å². The number of nitrogens with one attached hydrogen (secondary N) is 2. The molecule has 5 nitrogen and oxygen atoms in total. The van der Waals surface area contributed by atoms with Crippen LogP contribution >= 0.6 is 0 Å². The number of carboxylic acids is 1. The summed E-state index contributed by atoms with van der Waals surface area (Å²) in [6, 6.07) is 6.11. The van der Waals surface area contributed by atoms with Gasteiger partial charge in [-0.3, -0.25) is 0 Å². The third-order valence-electron chi connectivity index (χ3n) is 3.98. The molecule has 1 aliphatic rings. The number of hydrogen-bond acceptors (Lipinski definition) is 2. The molecule has 0 radical (unpaired) electrons. The number of carbonyl (C=O) groups excluding carboxylic acids is 1. The predicted molar refractivity (Wildman–Crippen MR) is 81.3 cm³/mol. The normalized spacial score (nSPS) is 17.0. The Balaban J connectivity index is 1.94. The first-order valence-corrected chi connectivity index (χ1v) is 7.43. The van der Waals surface area contributed by atoms with Crippen molar-refractivity contribution in [1.82, 2.24) is 5.32 Å². The molecule has 1 unspecified atom stereocenters. The molecule has 5 heteroatoms. The molecule has 0 aromatic heterocycles. The molecule has 21 heavy (non-hydrogen) atoms. The summed E-state index contributed by atoms with van der Waals surface area (Å²) in [6.07, 6.45) is 4.95. The zero-order valence-corrected chi connectivity index (χ0v) is 12.3. The van der Waals surface area contributed by atoms with Gasteiger partial charge in [0.25, 0.3) is 0 Å². The van der Waals surface area contributed by atoms with Crippen molar-refractivity contribution in [1.29, 1.82) is 0 Å². The number of aliphatic carboxylic acids is 1. The summed E-state index contributed by atoms with van der Waals surface area (Å²) >= 11 is 0. The molecule has 2 rings (SSSR count). The van der Waals surface area contributed by atoms with Crippen molar-refractivity contribution >= 4 is 17.7 Å². The number of urea groups is 1. The Labute approximate surface area is 124 Å². The quantitative estimate of drug-likeness (QED) is 0.797. The van der Waals surface area contributed by atoms with Gasteiger partial charge in [0, 0.05) is 5.69 Å². The Hall–Kier alpha value is -2.04. The van der Waals surface area contributed by atoms with Crippen LogP contribution in [0.1, 0.15) is 37.7 Å². The number of amides is 2. The van der Waals surface area contributed by atoms with Crippen LogP contribution in [0.3, 0.4) is 0 Å². The van der Waals surface area contributed by atoms with E-state index in [4.69, 9.17) is 0 Å². The highest BCUT2D eigenvalue weighted by atomic mass is 16.4. The molecule has 1 fully saturated rings. The van der Waals surface area contributed by atoms with Gasteiger partial charge in [-0.05, 0) is 37.8 Å². The lowest BCUT2D eigenvalue weighted by Crippen LogP contribution is -2.48. The van der Waals surface area contributed by atoms with E-state index < -0.39 is 18.0 Å². The van der Waals surface area contributed by atoms with Crippen molar-refractivity contribution in [3.05, 3.63) is 29.8 Å². The average molecular weight is 290 g/mol. The Kier molecular flexibility index (Phi) is 5.20. The zero-order chi connectivity index (χ0) is 15.2. The molecule has 1 aromatic carbocycles. The van der Waals surface area contributed by atoms with Crippen molar-refractivity contribution in [2.75, 3.05) is 5.32 Å². The molecule has 0 saturated heterocycles. The van der Waals surface area contributed by atoms with Gasteiger partial charge in [-0.1, -0.05) is 37.0 Å². The van der Waals surface area contributed by atoms with Gasteiger partial charge in [-0.25, -0.2) is 9.59 Å². The fraction of sp³-hybridized carbons (Fsp3) is 0.500. The van der Waals surface area contributed by atoms with Crippen LogP contribution in [-0.2, 0) is 4.79 Å². The van der Waals surface area contributed by atoms with Crippen molar-refractivity contribution in [3.8, 4) is 0 Å². The minimum Gasteiger partial charge on any atom is -0.480 e. The summed E-state index contributed by atoms with van der Waals surface area (Å²) in [5, 5.41) is 14.6. The zero-order valence-electron chi connectivity index (χ0n) is 12.3. The van der Waals surface area contributed by atoms with Crippen LogP contribution in [0.4, 0.5) is 10.5 Å². The fourth-order valence-electron chi connectivity index (χ4n) is 2.79. The van der Waals surface area contributed by atoms with Gasteiger partial charge in [0.1, 0.15) is 6.04 Å². The first-order valence-electron chi connectivity index (χ1n) is 7.43. The van der Waals surface area contributed by atoms with Gasteiger partial charge in [0.2, 0.25) is 0 Å². The first kappa shape index (κ1) is 15.4. The van der Waals surface area contributed by atoms with E-state index >= 15 is 0 Å². The number of benzene rings is 1. The summed E-state index contributed by atoms with van der Waals surface area (Å²) < 4.78 is 0. The Morgan fingerprint density at radius 3 is 2.33 bits per heavy atom. The fourth-order valence-corrected chi connectivity index (χ4v) is 2.79. The summed E-state index contributed by atoms with van der Waals surface area (Å²) in [7, 11) is 0. The van der Waals surface area contributed by atoms with E-state index in [9.17, 15) is 14.7 Å². The van der Waals surface area contributed by atoms with Crippen LogP contribution in [0.5, 0.6) is 0 Å². The molecule has 1 aliphatic carbocycles. The molecule has 1 atom stereocenters. The van der Waals surface area contributed by atoms with E-state index in [0.29, 0.717) is 5.69 Å². The molecule has 0 heterocycles. The highest BCUT2D eigenvalue weighted by molar-refractivity contribution is 5.92. The van der Waals surface area contributed by atoms with Crippen LogP contribution in [0.2, 0.25) is 0 Å². The maximum atomic E-state index is 12.0. The summed E-state index contributed by atoms with van der Waals surface area (Å²) in [6.45, 7) is 1.97.